The highest BCUT2D eigenvalue weighted by Gasteiger charge is 2.21. The number of hydrogen-bond acceptors (Lipinski definition) is 8. The maximum atomic E-state index is 12.6. The van der Waals surface area contributed by atoms with E-state index in [4.69, 9.17) is 0 Å². The van der Waals surface area contributed by atoms with E-state index in [-0.39, 0.29) is 23.6 Å². The Balaban J connectivity index is 1.50. The average Bonchev–Trinajstić information content (AvgIpc) is 3.47. The number of rotatable bonds is 7. The van der Waals surface area contributed by atoms with Gasteiger partial charge in [-0.25, -0.2) is 4.98 Å². The maximum Gasteiger partial charge on any atom is 0.265 e. The minimum Gasteiger partial charge on any atom is -0.344 e. The molecule has 172 valence electrons. The molecule has 0 atom stereocenters. The third kappa shape index (κ3) is 4.80. The average molecular weight is 501 g/mol. The lowest BCUT2D eigenvalue weighted by atomic mass is 10.1. The van der Waals surface area contributed by atoms with Gasteiger partial charge in [0.05, 0.1) is 11.4 Å². The van der Waals surface area contributed by atoms with Gasteiger partial charge in [0.25, 0.3) is 5.91 Å². The number of hydrogen-bond donors (Lipinski definition) is 1. The van der Waals surface area contributed by atoms with Crippen molar-refractivity contribution < 1.29 is 9.59 Å². The number of fused-ring (bicyclic) bond motifs is 1. The lowest BCUT2D eigenvalue weighted by Gasteiger charge is -2.13. The van der Waals surface area contributed by atoms with Gasteiger partial charge in [0.15, 0.2) is 16.1 Å². The minimum absolute atomic E-state index is 0.125. The van der Waals surface area contributed by atoms with Gasteiger partial charge in [0.2, 0.25) is 5.91 Å². The summed E-state index contributed by atoms with van der Waals surface area (Å²) < 4.78 is 3.26. The van der Waals surface area contributed by atoms with Gasteiger partial charge >= 0.3 is 0 Å². The second-order valence-electron chi connectivity index (χ2n) is 7.89. The van der Waals surface area contributed by atoms with Crippen LogP contribution in [0.2, 0.25) is 0 Å². The molecule has 0 saturated heterocycles. The van der Waals surface area contributed by atoms with Crippen LogP contribution in [-0.2, 0) is 4.79 Å². The standard InChI is InChI=1S/C22H24N6O2S3/c1-12(2)28-19(15-10-31-16-9-7-6-8-14(15)16)25-26-22(28)32-11-17(29)24-21-23-13(3)18(33-21)20(30)27(4)5/h6-10,12H,11H2,1-5H3,(H,23,24,29). The summed E-state index contributed by atoms with van der Waals surface area (Å²) in [5, 5.41) is 16.0. The molecule has 0 spiro atoms. The van der Waals surface area contributed by atoms with Crippen LogP contribution >= 0.6 is 34.4 Å². The van der Waals surface area contributed by atoms with Crippen molar-refractivity contribution in [2.75, 3.05) is 25.2 Å². The van der Waals surface area contributed by atoms with Gasteiger partial charge in [0.1, 0.15) is 4.88 Å². The molecule has 0 bridgehead atoms. The summed E-state index contributed by atoms with van der Waals surface area (Å²) in [7, 11) is 3.38. The van der Waals surface area contributed by atoms with Crippen molar-refractivity contribution >= 4 is 61.5 Å². The van der Waals surface area contributed by atoms with Crippen LogP contribution in [-0.4, -0.2) is 56.3 Å². The number of benzene rings is 1. The van der Waals surface area contributed by atoms with Gasteiger partial charge in [-0.2, -0.15) is 0 Å². The van der Waals surface area contributed by atoms with Crippen LogP contribution in [0.3, 0.4) is 0 Å². The molecule has 0 aliphatic heterocycles. The molecule has 0 aliphatic carbocycles. The highest BCUT2D eigenvalue weighted by molar-refractivity contribution is 7.99. The molecule has 0 saturated carbocycles. The Morgan fingerprint density at radius 3 is 2.70 bits per heavy atom. The Morgan fingerprint density at radius 1 is 1.21 bits per heavy atom. The highest BCUT2D eigenvalue weighted by Crippen LogP contribution is 2.36. The van der Waals surface area contributed by atoms with Crippen LogP contribution < -0.4 is 5.32 Å². The number of aromatic nitrogens is 4. The summed E-state index contributed by atoms with van der Waals surface area (Å²) in [4.78, 5) is 31.1. The van der Waals surface area contributed by atoms with Crippen molar-refractivity contribution in [1.29, 1.82) is 0 Å². The van der Waals surface area contributed by atoms with E-state index in [0.29, 0.717) is 20.9 Å². The molecular weight excluding hydrogens is 476 g/mol. The number of aryl methyl sites for hydroxylation is 1. The van der Waals surface area contributed by atoms with Crippen LogP contribution in [0.5, 0.6) is 0 Å². The Morgan fingerprint density at radius 2 is 1.97 bits per heavy atom. The molecule has 4 rings (SSSR count). The second-order valence-corrected chi connectivity index (χ2v) is 10.7. The zero-order valence-electron chi connectivity index (χ0n) is 18.9. The van der Waals surface area contributed by atoms with E-state index in [0.717, 1.165) is 16.8 Å². The molecule has 3 heterocycles. The van der Waals surface area contributed by atoms with E-state index >= 15 is 0 Å². The van der Waals surface area contributed by atoms with Crippen LogP contribution in [0.4, 0.5) is 5.13 Å². The number of thiophene rings is 1. The molecule has 3 aromatic heterocycles. The molecule has 0 fully saturated rings. The first kappa shape index (κ1) is 23.4. The summed E-state index contributed by atoms with van der Waals surface area (Å²) in [6, 6.07) is 8.36. The van der Waals surface area contributed by atoms with Gasteiger partial charge in [0, 0.05) is 41.2 Å². The SMILES string of the molecule is Cc1nc(NC(=O)CSc2nnc(-c3csc4ccccc34)n2C(C)C)sc1C(=O)N(C)C. The first-order chi connectivity index (χ1) is 15.8. The number of thioether (sulfide) groups is 1. The molecule has 1 aromatic carbocycles. The Bertz CT molecular complexity index is 1320. The third-order valence-corrected chi connectivity index (χ3v) is 7.85. The number of carbonyl (C=O) groups excluding carboxylic acids is 2. The summed E-state index contributed by atoms with van der Waals surface area (Å²) in [6.45, 7) is 5.92. The fourth-order valence-electron chi connectivity index (χ4n) is 3.31. The smallest absolute Gasteiger partial charge is 0.265 e. The van der Waals surface area contributed by atoms with Crippen LogP contribution in [0, 0.1) is 6.92 Å². The van der Waals surface area contributed by atoms with Gasteiger partial charge in [-0.3, -0.25) is 14.2 Å². The van der Waals surface area contributed by atoms with Crippen molar-refractivity contribution in [2.24, 2.45) is 0 Å². The molecule has 11 heteroatoms. The number of thiazole rings is 1. The van der Waals surface area contributed by atoms with Crippen molar-refractivity contribution in [2.45, 2.75) is 32.0 Å². The highest BCUT2D eigenvalue weighted by atomic mass is 32.2. The summed E-state index contributed by atoms with van der Waals surface area (Å²) in [5.74, 6) is 0.620. The van der Waals surface area contributed by atoms with Crippen LogP contribution in [0.25, 0.3) is 21.5 Å². The maximum absolute atomic E-state index is 12.6. The van der Waals surface area contributed by atoms with Gasteiger partial charge in [-0.15, -0.1) is 21.5 Å². The van der Waals surface area contributed by atoms with E-state index in [2.05, 4.69) is 56.4 Å². The first-order valence-electron chi connectivity index (χ1n) is 10.3. The number of nitrogens with one attached hydrogen (secondary N) is 1. The van der Waals surface area contributed by atoms with Crippen molar-refractivity contribution in [3.8, 4) is 11.4 Å². The molecule has 0 radical (unpaired) electrons. The topological polar surface area (TPSA) is 93.0 Å². The first-order valence-corrected chi connectivity index (χ1v) is 13.0. The van der Waals surface area contributed by atoms with Crippen molar-refractivity contribution in [3.63, 3.8) is 0 Å². The molecule has 1 N–H and O–H groups in total. The second kappa shape index (κ2) is 9.62. The predicted molar refractivity (Wildman–Crippen MR) is 135 cm³/mol. The quantitative estimate of drug-likeness (QED) is 0.361. The minimum atomic E-state index is -0.210. The van der Waals surface area contributed by atoms with E-state index in [9.17, 15) is 9.59 Å². The molecule has 4 aromatic rings. The van der Waals surface area contributed by atoms with Gasteiger partial charge < -0.3 is 10.2 Å². The number of anilines is 1. The summed E-state index contributed by atoms with van der Waals surface area (Å²) >= 11 is 4.19. The van der Waals surface area contributed by atoms with Crippen molar-refractivity contribution in [1.82, 2.24) is 24.6 Å². The van der Waals surface area contributed by atoms with Gasteiger partial charge in [-0.05, 0) is 26.8 Å². The monoisotopic (exact) mass is 500 g/mol. The molecule has 33 heavy (non-hydrogen) atoms. The largest absolute Gasteiger partial charge is 0.344 e. The lowest BCUT2D eigenvalue weighted by Crippen LogP contribution is -2.21. The summed E-state index contributed by atoms with van der Waals surface area (Å²) in [6.07, 6.45) is 0. The molecule has 0 unspecified atom stereocenters. The van der Waals surface area contributed by atoms with Gasteiger partial charge in [-0.1, -0.05) is 41.3 Å². The zero-order chi connectivity index (χ0) is 23.7. The van der Waals surface area contributed by atoms with Crippen LogP contribution in [0.15, 0.2) is 34.8 Å². The zero-order valence-corrected chi connectivity index (χ0v) is 21.4. The van der Waals surface area contributed by atoms with E-state index in [1.165, 1.54) is 32.7 Å². The molecule has 0 aliphatic rings. The predicted octanol–water partition coefficient (Wildman–Crippen LogP) is 4.94. The van der Waals surface area contributed by atoms with Crippen molar-refractivity contribution in [3.05, 3.63) is 40.2 Å². The Kier molecular flexibility index (Phi) is 6.82. The molecule has 2 amide bonds. The van der Waals surface area contributed by atoms with E-state index in [1.54, 1.807) is 32.4 Å². The Hall–Kier alpha value is -2.76. The normalized spacial score (nSPS) is 11.3. The fraction of sp³-hybridized carbons (Fsp3) is 0.318. The van der Waals surface area contributed by atoms with E-state index < -0.39 is 0 Å². The molecule has 8 nitrogen and oxygen atoms in total. The molecular formula is C22H24N6O2S3. The number of nitrogens with zero attached hydrogens (tertiary/aromatic N) is 5. The third-order valence-electron chi connectivity index (χ3n) is 4.88. The number of amides is 2. The van der Waals surface area contributed by atoms with Crippen LogP contribution in [0.1, 0.15) is 35.3 Å². The fourth-order valence-corrected chi connectivity index (χ4v) is 6.12. The number of carbonyl (C=O) groups is 2. The van der Waals surface area contributed by atoms with E-state index in [1.807, 2.05) is 12.1 Å². The lowest BCUT2D eigenvalue weighted by molar-refractivity contribution is -0.113. The Labute approximate surface area is 204 Å². The summed E-state index contributed by atoms with van der Waals surface area (Å²) in [5.41, 5.74) is 1.65.